The second kappa shape index (κ2) is 3.38. The molecule has 0 aromatic heterocycles. The molecule has 0 fully saturated rings. The van der Waals surface area contributed by atoms with Gasteiger partial charge in [-0.25, -0.2) is 0 Å². The summed E-state index contributed by atoms with van der Waals surface area (Å²) < 4.78 is 5.63. The molecule has 0 aliphatic carbocycles. The summed E-state index contributed by atoms with van der Waals surface area (Å²) in [4.78, 5) is 2.03. The second-order valence-electron chi connectivity index (χ2n) is 3.41. The molecule has 14 heavy (non-hydrogen) atoms. The number of anilines is 1. The van der Waals surface area contributed by atoms with Gasteiger partial charge >= 0.3 is 0 Å². The number of nitrogens with two attached hydrogens (primary N) is 1. The van der Waals surface area contributed by atoms with Crippen LogP contribution in [0.5, 0.6) is 11.5 Å². The standard InChI is InChI=1S/C10H14N2O2/c1-12-8-3-2-7(13)6-9(8)14-10(12)4-5-11/h2-3,6,10,13H,4-5,11H2,1H3. The summed E-state index contributed by atoms with van der Waals surface area (Å²) in [6, 6.07) is 5.13. The van der Waals surface area contributed by atoms with Crippen molar-refractivity contribution in [2.75, 3.05) is 18.5 Å². The maximum Gasteiger partial charge on any atom is 0.173 e. The predicted octanol–water partition coefficient (Wildman–Crippen LogP) is 0.896. The van der Waals surface area contributed by atoms with E-state index in [9.17, 15) is 5.11 Å². The Balaban J connectivity index is 2.26. The van der Waals surface area contributed by atoms with Crippen molar-refractivity contribution in [3.05, 3.63) is 18.2 Å². The first-order valence-electron chi connectivity index (χ1n) is 4.65. The molecular weight excluding hydrogens is 180 g/mol. The zero-order chi connectivity index (χ0) is 10.1. The van der Waals surface area contributed by atoms with Crippen LogP contribution in [-0.2, 0) is 0 Å². The Morgan fingerprint density at radius 3 is 3.07 bits per heavy atom. The minimum atomic E-state index is -0.00296. The van der Waals surface area contributed by atoms with Gasteiger partial charge in [-0.15, -0.1) is 0 Å². The highest BCUT2D eigenvalue weighted by molar-refractivity contribution is 5.63. The third-order valence-corrected chi connectivity index (χ3v) is 2.43. The molecule has 2 rings (SSSR count). The van der Waals surface area contributed by atoms with Gasteiger partial charge in [0.25, 0.3) is 0 Å². The summed E-state index contributed by atoms with van der Waals surface area (Å²) in [5.41, 5.74) is 6.48. The molecular formula is C10H14N2O2. The van der Waals surface area contributed by atoms with E-state index in [0.29, 0.717) is 6.54 Å². The first kappa shape index (κ1) is 9.15. The van der Waals surface area contributed by atoms with E-state index < -0.39 is 0 Å². The van der Waals surface area contributed by atoms with E-state index in [0.717, 1.165) is 17.9 Å². The topological polar surface area (TPSA) is 58.7 Å². The lowest BCUT2D eigenvalue weighted by atomic mass is 10.2. The van der Waals surface area contributed by atoms with Gasteiger partial charge in [0, 0.05) is 19.5 Å². The van der Waals surface area contributed by atoms with Crippen LogP contribution in [0.25, 0.3) is 0 Å². The maximum absolute atomic E-state index is 9.28. The molecule has 1 unspecified atom stereocenters. The van der Waals surface area contributed by atoms with Crippen molar-refractivity contribution in [1.29, 1.82) is 0 Å². The van der Waals surface area contributed by atoms with Crippen LogP contribution in [0.2, 0.25) is 0 Å². The summed E-state index contributed by atoms with van der Waals surface area (Å²) in [6.45, 7) is 0.592. The Kier molecular flexibility index (Phi) is 2.21. The van der Waals surface area contributed by atoms with E-state index in [1.807, 2.05) is 18.0 Å². The normalized spacial score (nSPS) is 19.3. The summed E-state index contributed by atoms with van der Waals surface area (Å²) in [6.07, 6.45) is 0.781. The SMILES string of the molecule is CN1c2ccc(O)cc2OC1CCN. The number of benzene rings is 1. The van der Waals surface area contributed by atoms with E-state index >= 15 is 0 Å². The molecule has 0 radical (unpaired) electrons. The van der Waals surface area contributed by atoms with Gasteiger partial charge in [-0.1, -0.05) is 0 Å². The van der Waals surface area contributed by atoms with Crippen LogP contribution in [0.15, 0.2) is 18.2 Å². The molecule has 4 nitrogen and oxygen atoms in total. The quantitative estimate of drug-likeness (QED) is 0.734. The third kappa shape index (κ3) is 1.37. The Hall–Kier alpha value is -1.42. The first-order valence-corrected chi connectivity index (χ1v) is 4.65. The highest BCUT2D eigenvalue weighted by Gasteiger charge is 2.27. The van der Waals surface area contributed by atoms with Crippen LogP contribution < -0.4 is 15.4 Å². The van der Waals surface area contributed by atoms with Crippen molar-refractivity contribution in [3.8, 4) is 11.5 Å². The number of fused-ring (bicyclic) bond motifs is 1. The van der Waals surface area contributed by atoms with Gasteiger partial charge in [-0.2, -0.15) is 0 Å². The van der Waals surface area contributed by atoms with Crippen molar-refractivity contribution in [1.82, 2.24) is 0 Å². The summed E-state index contributed by atoms with van der Waals surface area (Å²) >= 11 is 0. The Morgan fingerprint density at radius 1 is 1.57 bits per heavy atom. The molecule has 1 atom stereocenters. The zero-order valence-electron chi connectivity index (χ0n) is 8.10. The lowest BCUT2D eigenvalue weighted by molar-refractivity contribution is 0.220. The van der Waals surface area contributed by atoms with Crippen LogP contribution in [0.3, 0.4) is 0 Å². The lowest BCUT2D eigenvalue weighted by Crippen LogP contribution is -2.32. The highest BCUT2D eigenvalue weighted by Crippen LogP contribution is 2.38. The number of ether oxygens (including phenoxy) is 1. The number of rotatable bonds is 2. The molecule has 0 spiro atoms. The monoisotopic (exact) mass is 194 g/mol. The van der Waals surface area contributed by atoms with Crippen molar-refractivity contribution in [2.24, 2.45) is 5.73 Å². The summed E-state index contributed by atoms with van der Waals surface area (Å²) in [7, 11) is 1.96. The van der Waals surface area contributed by atoms with Crippen LogP contribution in [0.4, 0.5) is 5.69 Å². The fourth-order valence-corrected chi connectivity index (χ4v) is 1.66. The molecule has 1 aliphatic heterocycles. The van der Waals surface area contributed by atoms with Crippen molar-refractivity contribution >= 4 is 5.69 Å². The lowest BCUT2D eigenvalue weighted by Gasteiger charge is -2.19. The van der Waals surface area contributed by atoms with Gasteiger partial charge in [0.1, 0.15) is 11.5 Å². The highest BCUT2D eigenvalue weighted by atomic mass is 16.5. The van der Waals surface area contributed by atoms with Gasteiger partial charge in [0.2, 0.25) is 0 Å². The minimum absolute atomic E-state index is 0.00296. The average Bonchev–Trinajstić information content (AvgIpc) is 2.44. The van der Waals surface area contributed by atoms with Crippen molar-refractivity contribution in [3.63, 3.8) is 0 Å². The summed E-state index contributed by atoms with van der Waals surface area (Å²) in [5, 5.41) is 9.28. The molecule has 1 aliphatic rings. The molecule has 0 saturated heterocycles. The Labute approximate surface area is 82.9 Å². The average molecular weight is 194 g/mol. The van der Waals surface area contributed by atoms with Gasteiger partial charge in [0.15, 0.2) is 6.23 Å². The van der Waals surface area contributed by atoms with Gasteiger partial charge in [-0.05, 0) is 18.7 Å². The van der Waals surface area contributed by atoms with Gasteiger partial charge in [-0.3, -0.25) is 0 Å². The van der Waals surface area contributed by atoms with Crippen LogP contribution in [0, 0.1) is 0 Å². The molecule has 76 valence electrons. The number of hydrogen-bond acceptors (Lipinski definition) is 4. The molecule has 4 heteroatoms. The molecule has 0 saturated carbocycles. The Bertz CT molecular complexity index is 341. The number of aromatic hydroxyl groups is 1. The third-order valence-electron chi connectivity index (χ3n) is 2.43. The van der Waals surface area contributed by atoms with Crippen molar-refractivity contribution < 1.29 is 9.84 Å². The smallest absolute Gasteiger partial charge is 0.173 e. The van der Waals surface area contributed by atoms with Crippen LogP contribution in [-0.4, -0.2) is 24.9 Å². The van der Waals surface area contributed by atoms with Gasteiger partial charge < -0.3 is 20.5 Å². The number of phenolic OH excluding ortho intramolecular Hbond substituents is 1. The van der Waals surface area contributed by atoms with E-state index in [1.54, 1.807) is 12.1 Å². The molecule has 1 heterocycles. The first-order chi connectivity index (χ1) is 6.72. The fraction of sp³-hybridized carbons (Fsp3) is 0.400. The minimum Gasteiger partial charge on any atom is -0.508 e. The maximum atomic E-state index is 9.28. The number of phenols is 1. The zero-order valence-corrected chi connectivity index (χ0v) is 8.10. The second-order valence-corrected chi connectivity index (χ2v) is 3.41. The molecule has 0 amide bonds. The molecule has 0 bridgehead atoms. The molecule has 1 aromatic rings. The number of nitrogens with zero attached hydrogens (tertiary/aromatic N) is 1. The molecule has 3 N–H and O–H groups in total. The van der Waals surface area contributed by atoms with Crippen LogP contribution >= 0.6 is 0 Å². The predicted molar refractivity (Wildman–Crippen MR) is 54.6 cm³/mol. The number of hydrogen-bond donors (Lipinski definition) is 2. The van der Waals surface area contributed by atoms with E-state index in [1.165, 1.54) is 0 Å². The van der Waals surface area contributed by atoms with E-state index in [4.69, 9.17) is 10.5 Å². The molecule has 1 aromatic carbocycles. The van der Waals surface area contributed by atoms with Gasteiger partial charge in [0.05, 0.1) is 5.69 Å². The van der Waals surface area contributed by atoms with Crippen LogP contribution in [0.1, 0.15) is 6.42 Å². The van der Waals surface area contributed by atoms with Crippen molar-refractivity contribution in [2.45, 2.75) is 12.6 Å². The Morgan fingerprint density at radius 2 is 2.36 bits per heavy atom. The van der Waals surface area contributed by atoms with E-state index in [-0.39, 0.29) is 12.0 Å². The summed E-state index contributed by atoms with van der Waals surface area (Å²) in [5.74, 6) is 0.955. The van der Waals surface area contributed by atoms with E-state index in [2.05, 4.69) is 0 Å². The fourth-order valence-electron chi connectivity index (χ4n) is 1.66. The largest absolute Gasteiger partial charge is 0.508 e.